The predicted molar refractivity (Wildman–Crippen MR) is 164 cm³/mol. The van der Waals surface area contributed by atoms with Crippen LogP contribution in [0.4, 0.5) is 13.2 Å². The summed E-state index contributed by atoms with van der Waals surface area (Å²) in [5, 5.41) is 6.15. The van der Waals surface area contributed by atoms with Crippen molar-refractivity contribution >= 4 is 34.5 Å². The molecule has 1 aromatic heterocycles. The van der Waals surface area contributed by atoms with Crippen molar-refractivity contribution < 1.29 is 22.8 Å². The largest absolute Gasteiger partial charge is 0.449 e. The van der Waals surface area contributed by atoms with Crippen molar-refractivity contribution in [1.29, 1.82) is 0 Å². The Kier molecular flexibility index (Phi) is 8.43. The fourth-order valence-electron chi connectivity index (χ4n) is 9.69. The molecule has 0 radical (unpaired) electrons. The van der Waals surface area contributed by atoms with Gasteiger partial charge in [-0.1, -0.05) is 39.2 Å². The molecule has 2 heterocycles. The van der Waals surface area contributed by atoms with Gasteiger partial charge >= 0.3 is 6.18 Å². The number of alkyl halides is 3. The summed E-state index contributed by atoms with van der Waals surface area (Å²) in [6.07, 6.45) is 8.29. The van der Waals surface area contributed by atoms with E-state index >= 15 is 0 Å². The number of halogens is 3. The number of aromatic nitrogens is 2. The van der Waals surface area contributed by atoms with Crippen molar-refractivity contribution in [2.45, 2.75) is 120 Å². The number of thioether (sulfide) groups is 1. The number of carbonyl (C=O) groups is 2. The van der Waals surface area contributed by atoms with E-state index < -0.39 is 35.4 Å². The Hall–Kier alpha value is -2.40. The molecular formula is C33H43F3N4O3S. The molecule has 0 spiro atoms. The van der Waals surface area contributed by atoms with Crippen molar-refractivity contribution in [3.8, 4) is 0 Å². The van der Waals surface area contributed by atoms with Gasteiger partial charge in [0.2, 0.25) is 17.6 Å². The minimum Gasteiger partial charge on any atom is -0.311 e. The highest BCUT2D eigenvalue weighted by Gasteiger charge is 2.59. The third-order valence-electron chi connectivity index (χ3n) is 10.4. The molecule has 1 saturated heterocycles. The smallest absolute Gasteiger partial charge is 0.311 e. The summed E-state index contributed by atoms with van der Waals surface area (Å²) >= 11 is 1.43. The predicted octanol–water partition coefficient (Wildman–Crippen LogP) is 6.77. The van der Waals surface area contributed by atoms with Crippen molar-refractivity contribution in [3.63, 3.8) is 0 Å². The molecule has 1 aromatic carbocycles. The zero-order valence-electron chi connectivity index (χ0n) is 25.7. The molecule has 2 aromatic rings. The van der Waals surface area contributed by atoms with Crippen LogP contribution in [0.25, 0.3) is 10.9 Å². The number of rotatable bonds is 11. The normalized spacial score (nSPS) is 31.6. The first-order valence-electron chi connectivity index (χ1n) is 16.1. The van der Waals surface area contributed by atoms with E-state index in [-0.39, 0.29) is 23.7 Å². The monoisotopic (exact) mass is 632 g/mol. The lowest BCUT2D eigenvalue weighted by Gasteiger charge is -2.65. The van der Waals surface area contributed by atoms with Gasteiger partial charge in [-0.15, -0.1) is 11.8 Å². The summed E-state index contributed by atoms with van der Waals surface area (Å²) in [5.74, 6) is -1.31. The third kappa shape index (κ3) is 6.32. The Morgan fingerprint density at radius 3 is 2.39 bits per heavy atom. The first kappa shape index (κ1) is 31.6. The highest BCUT2D eigenvalue weighted by atomic mass is 32.2. The van der Waals surface area contributed by atoms with Crippen LogP contribution in [0, 0.1) is 16.7 Å². The Labute approximate surface area is 260 Å². The number of unbranched alkanes of at least 4 members (excludes halogenated alkanes) is 4. The molecular weight excluding hydrogens is 589 g/mol. The summed E-state index contributed by atoms with van der Waals surface area (Å²) in [5.41, 5.74) is 0.402. The standard InChI is InChI=1S/C33H43F3N4O3S/c1-30-15-21-16-31(2,18-30)20-32(17-21,19-30)37-13-6-4-3-5-7-14-44-24-10-8-9-22-26(24)28(43)40(29(38-22)33(34,35)36)23-11-12-25(41)39-27(23)42/h8-10,21,23,37H,3-7,11-20H2,1-2H3,(H,39,41,42)/t21?,23-,30?,31?,32?/m0/s1. The fraction of sp³-hybridized carbons (Fsp3) is 0.697. The van der Waals surface area contributed by atoms with Gasteiger partial charge in [0.15, 0.2) is 0 Å². The number of amides is 2. The summed E-state index contributed by atoms with van der Waals surface area (Å²) in [7, 11) is 0. The lowest BCUT2D eigenvalue weighted by Crippen LogP contribution is -2.64. The Bertz CT molecular complexity index is 1490. The van der Waals surface area contributed by atoms with Gasteiger partial charge in [0, 0.05) is 16.9 Å². The molecule has 5 fully saturated rings. The second-order valence-corrected chi connectivity index (χ2v) is 15.8. The number of hydrogen-bond donors (Lipinski definition) is 2. The van der Waals surface area contributed by atoms with Crippen LogP contribution >= 0.6 is 11.8 Å². The lowest BCUT2D eigenvalue weighted by atomic mass is 9.43. The van der Waals surface area contributed by atoms with Crippen LogP contribution in [0.5, 0.6) is 0 Å². The summed E-state index contributed by atoms with van der Waals surface area (Å²) in [4.78, 5) is 42.0. The Morgan fingerprint density at radius 2 is 1.70 bits per heavy atom. The number of nitrogens with one attached hydrogen (secondary N) is 2. The first-order chi connectivity index (χ1) is 20.8. The fourth-order valence-corrected chi connectivity index (χ4v) is 10.8. The Morgan fingerprint density at radius 1 is 1.00 bits per heavy atom. The molecule has 7 nitrogen and oxygen atoms in total. The van der Waals surface area contributed by atoms with E-state index in [1.165, 1.54) is 56.4 Å². The molecule has 11 heteroatoms. The van der Waals surface area contributed by atoms with Gasteiger partial charge in [-0.2, -0.15) is 13.2 Å². The van der Waals surface area contributed by atoms with Gasteiger partial charge in [-0.3, -0.25) is 24.3 Å². The van der Waals surface area contributed by atoms with E-state index in [1.54, 1.807) is 12.1 Å². The molecule has 5 aliphatic rings. The molecule has 44 heavy (non-hydrogen) atoms. The van der Waals surface area contributed by atoms with Crippen LogP contribution in [-0.4, -0.2) is 39.2 Å². The van der Waals surface area contributed by atoms with Gasteiger partial charge in [-0.05, 0) is 99.0 Å². The van der Waals surface area contributed by atoms with Crippen LogP contribution in [0.1, 0.15) is 109 Å². The van der Waals surface area contributed by atoms with Crippen molar-refractivity contribution in [2.24, 2.45) is 16.7 Å². The minimum absolute atomic E-state index is 0.0506. The van der Waals surface area contributed by atoms with Gasteiger partial charge in [0.05, 0.1) is 10.9 Å². The lowest BCUT2D eigenvalue weighted by molar-refractivity contribution is -0.150. The number of nitrogens with zero attached hydrogens (tertiary/aromatic N) is 2. The number of fused-ring (bicyclic) bond motifs is 1. The number of imide groups is 1. The number of hydrogen-bond acceptors (Lipinski definition) is 6. The van der Waals surface area contributed by atoms with Crippen LogP contribution < -0.4 is 16.2 Å². The maximum Gasteiger partial charge on any atom is 0.449 e. The molecule has 240 valence electrons. The summed E-state index contributed by atoms with van der Waals surface area (Å²) < 4.78 is 42.4. The van der Waals surface area contributed by atoms with Gasteiger partial charge in [0.1, 0.15) is 6.04 Å². The van der Waals surface area contributed by atoms with E-state index in [2.05, 4.69) is 29.5 Å². The molecule has 3 atom stereocenters. The van der Waals surface area contributed by atoms with Crippen LogP contribution in [0.2, 0.25) is 0 Å². The first-order valence-corrected chi connectivity index (χ1v) is 17.1. The maximum atomic E-state index is 14.0. The molecule has 7 rings (SSSR count). The Balaban J connectivity index is 1.02. The maximum absolute atomic E-state index is 14.0. The number of carbonyl (C=O) groups excluding carboxylic acids is 2. The van der Waals surface area contributed by atoms with Gasteiger partial charge < -0.3 is 5.32 Å². The number of benzene rings is 1. The van der Waals surface area contributed by atoms with E-state index in [0.29, 0.717) is 25.8 Å². The molecule has 2 N–H and O–H groups in total. The van der Waals surface area contributed by atoms with Crippen molar-refractivity contribution in [3.05, 3.63) is 34.4 Å². The third-order valence-corrected chi connectivity index (χ3v) is 11.5. The number of piperidine rings is 1. The van der Waals surface area contributed by atoms with Crippen LogP contribution in [-0.2, 0) is 15.8 Å². The molecule has 2 unspecified atom stereocenters. The molecule has 4 bridgehead atoms. The minimum atomic E-state index is -4.95. The average molecular weight is 633 g/mol. The van der Waals surface area contributed by atoms with E-state index in [9.17, 15) is 27.6 Å². The van der Waals surface area contributed by atoms with Crippen LogP contribution in [0.3, 0.4) is 0 Å². The highest BCUT2D eigenvalue weighted by Crippen LogP contribution is 2.66. The molecule has 1 aliphatic heterocycles. The zero-order chi connectivity index (χ0) is 31.3. The van der Waals surface area contributed by atoms with Crippen molar-refractivity contribution in [2.75, 3.05) is 12.3 Å². The second-order valence-electron chi connectivity index (χ2n) is 14.7. The quantitative estimate of drug-likeness (QED) is 0.161. The summed E-state index contributed by atoms with van der Waals surface area (Å²) in [6.45, 7) is 6.08. The van der Waals surface area contributed by atoms with Gasteiger partial charge in [-0.25, -0.2) is 4.98 Å². The SMILES string of the molecule is CC12CC3CC(C)(C1)CC(NCCCCCCCSc1cccc4nc(C(F)(F)F)n([C@H]5CCC(=O)NC5=O)c(=O)c14)(C3)C2. The van der Waals surface area contributed by atoms with E-state index in [4.69, 9.17) is 0 Å². The van der Waals surface area contributed by atoms with E-state index in [0.717, 1.165) is 50.3 Å². The second kappa shape index (κ2) is 11.8. The molecule has 2 amide bonds. The average Bonchev–Trinajstić information content (AvgIpc) is 2.90. The van der Waals surface area contributed by atoms with Crippen molar-refractivity contribution in [1.82, 2.24) is 20.2 Å². The topological polar surface area (TPSA) is 93.1 Å². The van der Waals surface area contributed by atoms with E-state index in [1.807, 2.05) is 0 Å². The summed E-state index contributed by atoms with van der Waals surface area (Å²) in [6, 6.07) is 3.26. The van der Waals surface area contributed by atoms with Crippen LogP contribution in [0.15, 0.2) is 27.9 Å². The molecule has 4 aliphatic carbocycles. The zero-order valence-corrected chi connectivity index (χ0v) is 26.5. The highest BCUT2D eigenvalue weighted by molar-refractivity contribution is 7.99. The molecule has 4 saturated carbocycles. The van der Waals surface area contributed by atoms with Gasteiger partial charge in [0.25, 0.3) is 5.56 Å².